The minimum absolute atomic E-state index is 0.0711. The Hall–Kier alpha value is -1.68. The molecule has 0 aliphatic rings. The molecule has 2 aromatic rings. The molecule has 2 aromatic carbocycles. The highest BCUT2D eigenvalue weighted by atomic mass is 79.9. The Labute approximate surface area is 193 Å². The van der Waals surface area contributed by atoms with Crippen LogP contribution in [-0.4, -0.2) is 39.8 Å². The standard InChI is InChI=1S/C18H15Br2Cl2NO6/c1-26-15-13(19)12(14(20)16(27-2)17(15)28-3)18(25)29-7-11(24)23-8-4-5-9(21)10(22)6-8/h4-6H,7H2,1-3H3,(H,23,24). The number of benzene rings is 2. The largest absolute Gasteiger partial charge is 0.492 e. The lowest BCUT2D eigenvalue weighted by Crippen LogP contribution is -2.21. The topological polar surface area (TPSA) is 83.1 Å². The molecule has 0 heterocycles. The Bertz CT molecular complexity index is 923. The molecule has 1 N–H and O–H groups in total. The summed E-state index contributed by atoms with van der Waals surface area (Å²) in [4.78, 5) is 24.7. The van der Waals surface area contributed by atoms with E-state index in [1.54, 1.807) is 6.07 Å². The summed E-state index contributed by atoms with van der Waals surface area (Å²) in [7, 11) is 4.26. The van der Waals surface area contributed by atoms with Gasteiger partial charge >= 0.3 is 5.97 Å². The van der Waals surface area contributed by atoms with E-state index in [2.05, 4.69) is 37.2 Å². The summed E-state index contributed by atoms with van der Waals surface area (Å²) < 4.78 is 21.6. The van der Waals surface area contributed by atoms with Crippen LogP contribution in [0.5, 0.6) is 17.2 Å². The van der Waals surface area contributed by atoms with Crippen molar-refractivity contribution in [3.63, 3.8) is 0 Å². The fourth-order valence-corrected chi connectivity index (χ4v) is 4.30. The molecule has 0 aliphatic carbocycles. The second-order valence-electron chi connectivity index (χ2n) is 5.36. The third-order valence-corrected chi connectivity index (χ3v) is 5.86. The molecular formula is C18H15Br2Cl2NO6. The van der Waals surface area contributed by atoms with Gasteiger partial charge in [0.15, 0.2) is 18.1 Å². The van der Waals surface area contributed by atoms with Crippen LogP contribution < -0.4 is 19.5 Å². The van der Waals surface area contributed by atoms with Crippen LogP contribution in [0.2, 0.25) is 10.0 Å². The van der Waals surface area contributed by atoms with Gasteiger partial charge < -0.3 is 24.3 Å². The van der Waals surface area contributed by atoms with Crippen molar-refractivity contribution >= 4 is 72.6 Å². The molecule has 0 atom stereocenters. The number of hydrogen-bond donors (Lipinski definition) is 1. The van der Waals surface area contributed by atoms with E-state index in [4.69, 9.17) is 42.1 Å². The molecule has 11 heteroatoms. The molecule has 0 radical (unpaired) electrons. The van der Waals surface area contributed by atoms with E-state index in [-0.39, 0.29) is 36.8 Å². The Kier molecular flexibility index (Phi) is 8.45. The first-order valence-electron chi connectivity index (χ1n) is 7.84. The van der Waals surface area contributed by atoms with Crippen LogP contribution in [0.15, 0.2) is 27.1 Å². The van der Waals surface area contributed by atoms with Crippen LogP contribution >= 0.6 is 55.1 Å². The zero-order valence-corrected chi connectivity index (χ0v) is 20.1. The highest BCUT2D eigenvalue weighted by Crippen LogP contribution is 2.50. The third kappa shape index (κ3) is 5.28. The number of halogens is 4. The second-order valence-corrected chi connectivity index (χ2v) is 7.76. The number of hydrogen-bond acceptors (Lipinski definition) is 6. The first-order valence-corrected chi connectivity index (χ1v) is 10.2. The highest BCUT2D eigenvalue weighted by Gasteiger charge is 2.29. The first kappa shape index (κ1) is 23.6. The highest BCUT2D eigenvalue weighted by molar-refractivity contribution is 9.11. The van der Waals surface area contributed by atoms with Crippen molar-refractivity contribution in [1.82, 2.24) is 0 Å². The molecule has 2 rings (SSSR count). The number of carbonyl (C=O) groups excluding carboxylic acids is 2. The van der Waals surface area contributed by atoms with E-state index >= 15 is 0 Å². The first-order chi connectivity index (χ1) is 13.7. The molecule has 0 aliphatic heterocycles. The number of nitrogens with one attached hydrogen (secondary N) is 1. The minimum atomic E-state index is -0.785. The zero-order chi connectivity index (χ0) is 21.7. The number of ether oxygens (including phenoxy) is 4. The zero-order valence-electron chi connectivity index (χ0n) is 15.4. The number of anilines is 1. The lowest BCUT2D eigenvalue weighted by atomic mass is 10.2. The number of methoxy groups -OCH3 is 3. The maximum Gasteiger partial charge on any atom is 0.341 e. The van der Waals surface area contributed by atoms with Gasteiger partial charge in [-0.1, -0.05) is 23.2 Å². The van der Waals surface area contributed by atoms with Gasteiger partial charge in [-0.15, -0.1) is 0 Å². The van der Waals surface area contributed by atoms with E-state index in [0.717, 1.165) is 0 Å². The van der Waals surface area contributed by atoms with E-state index in [1.165, 1.54) is 33.5 Å². The van der Waals surface area contributed by atoms with Crippen molar-refractivity contribution in [3.05, 3.63) is 42.8 Å². The van der Waals surface area contributed by atoms with Crippen molar-refractivity contribution in [2.45, 2.75) is 0 Å². The van der Waals surface area contributed by atoms with Crippen molar-refractivity contribution in [3.8, 4) is 17.2 Å². The van der Waals surface area contributed by atoms with Gasteiger partial charge in [-0.2, -0.15) is 0 Å². The van der Waals surface area contributed by atoms with Crippen molar-refractivity contribution < 1.29 is 28.5 Å². The monoisotopic (exact) mass is 569 g/mol. The van der Waals surface area contributed by atoms with E-state index in [0.29, 0.717) is 10.7 Å². The quantitative estimate of drug-likeness (QED) is 0.452. The third-order valence-electron chi connectivity index (χ3n) is 3.60. The van der Waals surface area contributed by atoms with Crippen LogP contribution in [0.1, 0.15) is 10.4 Å². The second kappa shape index (κ2) is 10.4. The van der Waals surface area contributed by atoms with Crippen molar-refractivity contribution in [2.75, 3.05) is 33.3 Å². The predicted octanol–water partition coefficient (Wildman–Crippen LogP) is 5.34. The molecule has 29 heavy (non-hydrogen) atoms. The summed E-state index contributed by atoms with van der Waals surface area (Å²) in [6.07, 6.45) is 0. The molecule has 0 aromatic heterocycles. The van der Waals surface area contributed by atoms with Gasteiger partial charge in [0.05, 0.1) is 45.9 Å². The normalized spacial score (nSPS) is 10.3. The molecule has 0 saturated heterocycles. The van der Waals surface area contributed by atoms with Crippen LogP contribution in [0.4, 0.5) is 5.69 Å². The molecule has 156 valence electrons. The van der Waals surface area contributed by atoms with E-state index < -0.39 is 18.5 Å². The van der Waals surface area contributed by atoms with Gasteiger partial charge in [-0.05, 0) is 50.1 Å². The average Bonchev–Trinajstić information content (AvgIpc) is 2.68. The molecule has 1 amide bonds. The fraction of sp³-hybridized carbons (Fsp3) is 0.222. The SMILES string of the molecule is COc1c(Br)c(C(=O)OCC(=O)Nc2ccc(Cl)c(Cl)c2)c(Br)c(OC)c1OC. The van der Waals surface area contributed by atoms with Gasteiger partial charge in [0.2, 0.25) is 5.75 Å². The number of carbonyl (C=O) groups is 2. The molecule has 7 nitrogen and oxygen atoms in total. The lowest BCUT2D eigenvalue weighted by Gasteiger charge is -2.18. The fourth-order valence-electron chi connectivity index (χ4n) is 2.33. The summed E-state index contributed by atoms with van der Waals surface area (Å²) >= 11 is 18.4. The molecule has 0 fully saturated rings. The van der Waals surface area contributed by atoms with Gasteiger partial charge in [0.25, 0.3) is 5.91 Å². The van der Waals surface area contributed by atoms with Crippen LogP contribution in [-0.2, 0) is 9.53 Å². The predicted molar refractivity (Wildman–Crippen MR) is 117 cm³/mol. The Balaban J connectivity index is 2.20. The van der Waals surface area contributed by atoms with E-state index in [1.807, 2.05) is 0 Å². The van der Waals surface area contributed by atoms with Gasteiger partial charge in [0.1, 0.15) is 0 Å². The number of rotatable bonds is 7. The number of amides is 1. The van der Waals surface area contributed by atoms with E-state index in [9.17, 15) is 9.59 Å². The van der Waals surface area contributed by atoms with Gasteiger partial charge in [0, 0.05) is 5.69 Å². The molecule has 0 spiro atoms. The molecule has 0 bridgehead atoms. The molecule has 0 unspecified atom stereocenters. The van der Waals surface area contributed by atoms with Crippen LogP contribution in [0, 0.1) is 0 Å². The maximum absolute atomic E-state index is 12.6. The van der Waals surface area contributed by atoms with Crippen LogP contribution in [0.25, 0.3) is 0 Å². The summed E-state index contributed by atoms with van der Waals surface area (Å²) in [5.74, 6) is -0.592. The van der Waals surface area contributed by atoms with Crippen molar-refractivity contribution in [1.29, 1.82) is 0 Å². The Morgan fingerprint density at radius 2 is 1.48 bits per heavy atom. The smallest absolute Gasteiger partial charge is 0.341 e. The van der Waals surface area contributed by atoms with Crippen LogP contribution in [0.3, 0.4) is 0 Å². The minimum Gasteiger partial charge on any atom is -0.492 e. The van der Waals surface area contributed by atoms with Gasteiger partial charge in [-0.3, -0.25) is 4.79 Å². The maximum atomic E-state index is 12.6. The summed E-state index contributed by atoms with van der Waals surface area (Å²) in [5.41, 5.74) is 0.484. The summed E-state index contributed by atoms with van der Waals surface area (Å²) in [6, 6.07) is 4.59. The Morgan fingerprint density at radius 1 is 0.931 bits per heavy atom. The van der Waals surface area contributed by atoms with Gasteiger partial charge in [-0.25, -0.2) is 4.79 Å². The molecular weight excluding hydrogens is 557 g/mol. The van der Waals surface area contributed by atoms with Crippen molar-refractivity contribution in [2.24, 2.45) is 0 Å². The summed E-state index contributed by atoms with van der Waals surface area (Å²) in [6.45, 7) is -0.533. The summed E-state index contributed by atoms with van der Waals surface area (Å²) in [5, 5.41) is 3.20. The average molecular weight is 572 g/mol. The number of esters is 1. The Morgan fingerprint density at radius 3 is 1.97 bits per heavy atom. The molecule has 0 saturated carbocycles. The lowest BCUT2D eigenvalue weighted by molar-refractivity contribution is -0.119.